The fourth-order valence-corrected chi connectivity index (χ4v) is 2.74. The molecule has 2 aromatic rings. The summed E-state index contributed by atoms with van der Waals surface area (Å²) in [7, 11) is 0. The normalized spacial score (nSPS) is 19.1. The highest BCUT2D eigenvalue weighted by atomic mass is 35.5. The Bertz CT molecular complexity index is 684. The molecule has 118 valence electrons. The van der Waals surface area contributed by atoms with E-state index >= 15 is 0 Å². The molecule has 1 fully saturated rings. The van der Waals surface area contributed by atoms with Crippen molar-refractivity contribution >= 4 is 28.3 Å². The lowest BCUT2D eigenvalue weighted by atomic mass is 10.1. The van der Waals surface area contributed by atoms with Crippen LogP contribution in [0.3, 0.4) is 0 Å². The number of nitrogens with zero attached hydrogens (tertiary/aromatic N) is 4. The Morgan fingerprint density at radius 3 is 2.95 bits per heavy atom. The van der Waals surface area contributed by atoms with E-state index in [1.54, 1.807) is 0 Å². The molecule has 0 aliphatic carbocycles. The maximum absolute atomic E-state index is 14.0. The first-order valence-electron chi connectivity index (χ1n) is 6.77. The smallest absolute Gasteiger partial charge is 0.240 e. The molecular weight excluding hydrogens is 319 g/mol. The van der Waals surface area contributed by atoms with Crippen LogP contribution in [0.2, 0.25) is 5.15 Å². The van der Waals surface area contributed by atoms with Gasteiger partial charge in [0.1, 0.15) is 17.7 Å². The third-order valence-electron chi connectivity index (χ3n) is 3.58. The standard InChI is InChI=1S/C13H13ClF3N5/c14-12-10(17)11-8(4-19-12)13(21-6-20-11)22-2-1-18-7(5-22)3-9(15)16/h4,6-7,9,18H,1-3,5H2. The average molecular weight is 332 g/mol. The topological polar surface area (TPSA) is 53.9 Å². The number of halogens is 4. The maximum atomic E-state index is 14.0. The molecule has 0 aromatic carbocycles. The highest BCUT2D eigenvalue weighted by molar-refractivity contribution is 6.30. The first kappa shape index (κ1) is 15.2. The van der Waals surface area contributed by atoms with Crippen molar-refractivity contribution in [2.24, 2.45) is 0 Å². The molecule has 0 saturated carbocycles. The number of alkyl halides is 2. The molecule has 1 aliphatic heterocycles. The first-order valence-corrected chi connectivity index (χ1v) is 7.15. The highest BCUT2D eigenvalue weighted by Gasteiger charge is 2.25. The summed E-state index contributed by atoms with van der Waals surface area (Å²) in [6, 6.07) is -0.344. The van der Waals surface area contributed by atoms with Gasteiger partial charge in [0.2, 0.25) is 6.43 Å². The monoisotopic (exact) mass is 331 g/mol. The number of fused-ring (bicyclic) bond motifs is 1. The van der Waals surface area contributed by atoms with Crippen LogP contribution in [0.5, 0.6) is 0 Å². The van der Waals surface area contributed by atoms with E-state index < -0.39 is 12.2 Å². The minimum absolute atomic E-state index is 0.0777. The lowest BCUT2D eigenvalue weighted by Crippen LogP contribution is -2.51. The fourth-order valence-electron chi connectivity index (χ4n) is 2.60. The Balaban J connectivity index is 1.94. The van der Waals surface area contributed by atoms with Crippen LogP contribution >= 0.6 is 11.6 Å². The van der Waals surface area contributed by atoms with Crippen molar-refractivity contribution in [1.29, 1.82) is 0 Å². The van der Waals surface area contributed by atoms with Gasteiger partial charge < -0.3 is 10.2 Å². The summed E-state index contributed by atoms with van der Waals surface area (Å²) in [6.45, 7) is 1.49. The summed E-state index contributed by atoms with van der Waals surface area (Å²) in [6.07, 6.45) is 0.0249. The lowest BCUT2D eigenvalue weighted by Gasteiger charge is -2.34. The number of piperazine rings is 1. The van der Waals surface area contributed by atoms with Crippen molar-refractivity contribution < 1.29 is 13.2 Å². The van der Waals surface area contributed by atoms with Crippen LogP contribution in [0.25, 0.3) is 10.9 Å². The summed E-state index contributed by atoms with van der Waals surface area (Å²) in [5.41, 5.74) is 0.0777. The average Bonchev–Trinajstić information content (AvgIpc) is 2.50. The fraction of sp³-hybridized carbons (Fsp3) is 0.462. The van der Waals surface area contributed by atoms with E-state index in [9.17, 15) is 13.2 Å². The molecule has 1 atom stereocenters. The molecular formula is C13H13ClF3N5. The minimum atomic E-state index is -2.38. The molecule has 1 aliphatic rings. The van der Waals surface area contributed by atoms with E-state index in [0.29, 0.717) is 30.8 Å². The SMILES string of the molecule is Fc1c(Cl)ncc2c(N3CCNC(CC(F)F)C3)ncnc12. The summed E-state index contributed by atoms with van der Waals surface area (Å²) < 4.78 is 39.1. The zero-order valence-electron chi connectivity index (χ0n) is 11.4. The largest absolute Gasteiger partial charge is 0.353 e. The van der Waals surface area contributed by atoms with Crippen LogP contribution in [-0.4, -0.2) is 47.1 Å². The number of hydrogen-bond donors (Lipinski definition) is 1. The van der Waals surface area contributed by atoms with Gasteiger partial charge in [-0.15, -0.1) is 0 Å². The quantitative estimate of drug-likeness (QED) is 0.874. The van der Waals surface area contributed by atoms with Gasteiger partial charge in [-0.2, -0.15) is 0 Å². The zero-order chi connectivity index (χ0) is 15.7. The van der Waals surface area contributed by atoms with Gasteiger partial charge in [0.25, 0.3) is 0 Å². The molecule has 1 unspecified atom stereocenters. The molecule has 22 heavy (non-hydrogen) atoms. The van der Waals surface area contributed by atoms with Crippen molar-refractivity contribution in [3.05, 3.63) is 23.5 Å². The van der Waals surface area contributed by atoms with Crippen molar-refractivity contribution in [3.63, 3.8) is 0 Å². The number of rotatable bonds is 3. The third kappa shape index (κ3) is 2.93. The van der Waals surface area contributed by atoms with Crippen LogP contribution < -0.4 is 10.2 Å². The van der Waals surface area contributed by atoms with Crippen LogP contribution in [0, 0.1) is 5.82 Å². The zero-order valence-corrected chi connectivity index (χ0v) is 12.2. The molecule has 0 bridgehead atoms. The van der Waals surface area contributed by atoms with Crippen molar-refractivity contribution in [3.8, 4) is 0 Å². The summed E-state index contributed by atoms with van der Waals surface area (Å²) in [5, 5.41) is 3.21. The van der Waals surface area contributed by atoms with Gasteiger partial charge in [0.15, 0.2) is 11.0 Å². The van der Waals surface area contributed by atoms with Gasteiger partial charge in [0, 0.05) is 38.3 Å². The van der Waals surface area contributed by atoms with E-state index in [4.69, 9.17) is 11.6 Å². The Morgan fingerprint density at radius 2 is 2.18 bits per heavy atom. The maximum Gasteiger partial charge on any atom is 0.240 e. The Hall–Kier alpha value is -1.67. The van der Waals surface area contributed by atoms with Crippen molar-refractivity contribution in [1.82, 2.24) is 20.3 Å². The number of pyridine rings is 1. The molecule has 1 N–H and O–H groups in total. The molecule has 2 aromatic heterocycles. The molecule has 0 radical (unpaired) electrons. The van der Waals surface area contributed by atoms with Gasteiger partial charge in [0.05, 0.1) is 5.39 Å². The molecule has 5 nitrogen and oxygen atoms in total. The summed E-state index contributed by atoms with van der Waals surface area (Å²) in [4.78, 5) is 13.7. The number of nitrogens with one attached hydrogen (secondary N) is 1. The molecule has 0 spiro atoms. The van der Waals surface area contributed by atoms with Gasteiger partial charge in [-0.25, -0.2) is 28.1 Å². The van der Waals surface area contributed by atoms with Crippen molar-refractivity contribution in [2.75, 3.05) is 24.5 Å². The molecule has 3 heterocycles. The van der Waals surface area contributed by atoms with Crippen molar-refractivity contribution in [2.45, 2.75) is 18.9 Å². The number of anilines is 1. The van der Waals surface area contributed by atoms with Gasteiger partial charge in [-0.3, -0.25) is 0 Å². The van der Waals surface area contributed by atoms with E-state index in [1.165, 1.54) is 12.5 Å². The second-order valence-electron chi connectivity index (χ2n) is 5.05. The Labute approximate surface area is 129 Å². The summed E-state index contributed by atoms with van der Waals surface area (Å²) in [5.74, 6) is -0.226. The number of hydrogen-bond acceptors (Lipinski definition) is 5. The van der Waals surface area contributed by atoms with Crippen LogP contribution in [0.4, 0.5) is 19.0 Å². The number of aromatic nitrogens is 3. The lowest BCUT2D eigenvalue weighted by molar-refractivity contribution is 0.121. The molecule has 3 rings (SSSR count). The minimum Gasteiger partial charge on any atom is -0.353 e. The predicted molar refractivity (Wildman–Crippen MR) is 76.9 cm³/mol. The second-order valence-corrected chi connectivity index (χ2v) is 5.40. The third-order valence-corrected chi connectivity index (χ3v) is 3.84. The van der Waals surface area contributed by atoms with Crippen LogP contribution in [0.15, 0.2) is 12.5 Å². The van der Waals surface area contributed by atoms with Gasteiger partial charge in [-0.05, 0) is 0 Å². The van der Waals surface area contributed by atoms with Gasteiger partial charge >= 0.3 is 0 Å². The van der Waals surface area contributed by atoms with E-state index in [2.05, 4.69) is 20.3 Å². The van der Waals surface area contributed by atoms with E-state index in [0.717, 1.165) is 0 Å². The van der Waals surface area contributed by atoms with Crippen LogP contribution in [-0.2, 0) is 0 Å². The van der Waals surface area contributed by atoms with Crippen LogP contribution in [0.1, 0.15) is 6.42 Å². The Morgan fingerprint density at radius 1 is 1.36 bits per heavy atom. The van der Waals surface area contributed by atoms with Gasteiger partial charge in [-0.1, -0.05) is 11.6 Å². The highest BCUT2D eigenvalue weighted by Crippen LogP contribution is 2.27. The second kappa shape index (κ2) is 6.21. The Kier molecular flexibility index (Phi) is 4.30. The first-order chi connectivity index (χ1) is 10.6. The van der Waals surface area contributed by atoms with E-state index in [-0.39, 0.29) is 23.1 Å². The predicted octanol–water partition coefficient (Wildman–Crippen LogP) is 2.25. The molecule has 9 heteroatoms. The summed E-state index contributed by atoms with van der Waals surface area (Å²) >= 11 is 5.65. The van der Waals surface area contributed by atoms with E-state index in [1.807, 2.05) is 4.90 Å². The molecule has 0 amide bonds. The molecule has 1 saturated heterocycles.